The first-order valence-corrected chi connectivity index (χ1v) is 4.44. The second kappa shape index (κ2) is 3.73. The number of aromatic nitrogens is 2. The molecule has 6 nitrogen and oxygen atoms in total. The highest BCUT2D eigenvalue weighted by molar-refractivity contribution is 6.20. The molecule has 0 saturated carbocycles. The van der Waals surface area contributed by atoms with Gasteiger partial charge in [-0.15, -0.1) is 0 Å². The van der Waals surface area contributed by atoms with E-state index in [1.807, 2.05) is 0 Å². The highest BCUT2D eigenvalue weighted by atomic mass is 16.5. The average Bonchev–Trinajstić information content (AvgIpc) is 2.32. The number of methoxy groups -OCH3 is 2. The molecule has 1 aliphatic rings. The number of carbonyl (C=O) groups excluding carboxylic acids is 2. The molecule has 6 heteroatoms. The number of ether oxygens (including phenoxy) is 2. The lowest BCUT2D eigenvalue weighted by Gasteiger charge is -2.11. The van der Waals surface area contributed by atoms with Gasteiger partial charge in [-0.1, -0.05) is 0 Å². The van der Waals surface area contributed by atoms with Crippen molar-refractivity contribution in [2.24, 2.45) is 0 Å². The molecule has 0 amide bonds. The number of nitrogens with zero attached hydrogens (tertiary/aromatic N) is 2. The Hall–Kier alpha value is -2.24. The molecule has 1 aromatic heterocycles. The number of fused-ring (bicyclic) bond motifs is 1. The minimum absolute atomic E-state index is 0.00912. The molecule has 0 spiro atoms. The molecule has 1 heterocycles. The topological polar surface area (TPSA) is 78.4 Å². The number of ketones is 2. The lowest BCUT2D eigenvalue weighted by atomic mass is 10.1. The number of carbonyl (C=O) groups is 2. The first kappa shape index (κ1) is 10.3. The Morgan fingerprint density at radius 3 is 1.56 bits per heavy atom. The number of allylic oxidation sites excluding steroid dienone is 2. The van der Waals surface area contributed by atoms with E-state index in [-0.39, 0.29) is 34.7 Å². The minimum Gasteiger partial charge on any atom is -0.477 e. The predicted octanol–water partition coefficient (Wildman–Crippen LogP) is 0.429. The molecular weight excluding hydrogens is 212 g/mol. The molecule has 0 bridgehead atoms. The Morgan fingerprint density at radius 1 is 0.875 bits per heavy atom. The van der Waals surface area contributed by atoms with E-state index in [2.05, 4.69) is 9.97 Å². The highest BCUT2D eigenvalue weighted by Crippen LogP contribution is 2.25. The van der Waals surface area contributed by atoms with Crippen LogP contribution >= 0.6 is 0 Å². The highest BCUT2D eigenvalue weighted by Gasteiger charge is 2.25. The van der Waals surface area contributed by atoms with E-state index in [1.54, 1.807) is 0 Å². The zero-order valence-electron chi connectivity index (χ0n) is 8.68. The first-order valence-electron chi connectivity index (χ1n) is 4.44. The van der Waals surface area contributed by atoms with Gasteiger partial charge in [-0.25, -0.2) is 9.97 Å². The number of rotatable bonds is 2. The van der Waals surface area contributed by atoms with E-state index >= 15 is 0 Å². The summed E-state index contributed by atoms with van der Waals surface area (Å²) in [6.45, 7) is 0. The molecule has 82 valence electrons. The Labute approximate surface area is 90.9 Å². The van der Waals surface area contributed by atoms with Crippen LogP contribution < -0.4 is 9.47 Å². The van der Waals surface area contributed by atoms with Gasteiger partial charge < -0.3 is 9.47 Å². The summed E-state index contributed by atoms with van der Waals surface area (Å²) < 4.78 is 9.80. The summed E-state index contributed by atoms with van der Waals surface area (Å²) in [5.41, 5.74) is -0.0182. The molecule has 0 saturated heterocycles. The maximum absolute atomic E-state index is 11.5. The van der Waals surface area contributed by atoms with Gasteiger partial charge in [0.05, 0.1) is 14.2 Å². The maximum Gasteiger partial charge on any atom is 0.278 e. The largest absolute Gasteiger partial charge is 0.477 e. The van der Waals surface area contributed by atoms with Crippen LogP contribution in [-0.2, 0) is 0 Å². The second-order valence-corrected chi connectivity index (χ2v) is 3.00. The molecule has 0 atom stereocenters. The third kappa shape index (κ3) is 1.44. The molecule has 1 aliphatic carbocycles. The van der Waals surface area contributed by atoms with Gasteiger partial charge in [-0.2, -0.15) is 0 Å². The molecule has 16 heavy (non-hydrogen) atoms. The Kier molecular flexibility index (Phi) is 2.40. The summed E-state index contributed by atoms with van der Waals surface area (Å²) in [5, 5.41) is 0. The fraction of sp³-hybridized carbons (Fsp3) is 0.200. The number of hydrogen-bond donors (Lipinski definition) is 0. The SMILES string of the molecule is COc1nc2c(nc1OC)C(=O)C=CC2=O. The van der Waals surface area contributed by atoms with Gasteiger partial charge in [0.25, 0.3) is 11.8 Å². The third-order valence-corrected chi connectivity index (χ3v) is 2.07. The van der Waals surface area contributed by atoms with Gasteiger partial charge in [0.2, 0.25) is 11.6 Å². The summed E-state index contributed by atoms with van der Waals surface area (Å²) in [6.07, 6.45) is 2.32. The van der Waals surface area contributed by atoms with E-state index in [0.29, 0.717) is 0 Å². The van der Waals surface area contributed by atoms with Crippen LogP contribution in [0.1, 0.15) is 21.0 Å². The van der Waals surface area contributed by atoms with Crippen molar-refractivity contribution in [1.29, 1.82) is 0 Å². The molecule has 0 aromatic carbocycles. The zero-order chi connectivity index (χ0) is 11.7. The molecular formula is C10H8N2O4. The predicted molar refractivity (Wildman–Crippen MR) is 52.9 cm³/mol. The lowest BCUT2D eigenvalue weighted by molar-refractivity contribution is 0.0984. The average molecular weight is 220 g/mol. The fourth-order valence-corrected chi connectivity index (χ4v) is 1.32. The van der Waals surface area contributed by atoms with Crippen LogP contribution in [0.25, 0.3) is 0 Å². The third-order valence-electron chi connectivity index (χ3n) is 2.07. The Bertz CT molecular complexity index is 463. The van der Waals surface area contributed by atoms with Gasteiger partial charge >= 0.3 is 0 Å². The molecule has 0 radical (unpaired) electrons. The molecule has 1 aromatic rings. The van der Waals surface area contributed by atoms with Gasteiger partial charge in [-0.05, 0) is 12.2 Å². The van der Waals surface area contributed by atoms with E-state index in [4.69, 9.17) is 9.47 Å². The van der Waals surface area contributed by atoms with Crippen molar-refractivity contribution in [2.75, 3.05) is 14.2 Å². The van der Waals surface area contributed by atoms with Gasteiger partial charge in [0.15, 0.2) is 0 Å². The zero-order valence-corrected chi connectivity index (χ0v) is 8.68. The summed E-state index contributed by atoms with van der Waals surface area (Å²) in [7, 11) is 2.76. The summed E-state index contributed by atoms with van der Waals surface area (Å²) in [6, 6.07) is 0. The van der Waals surface area contributed by atoms with Crippen molar-refractivity contribution in [3.05, 3.63) is 23.5 Å². The Morgan fingerprint density at radius 2 is 1.25 bits per heavy atom. The van der Waals surface area contributed by atoms with Crippen LogP contribution in [0.5, 0.6) is 11.8 Å². The van der Waals surface area contributed by atoms with E-state index in [9.17, 15) is 9.59 Å². The van der Waals surface area contributed by atoms with Crippen molar-refractivity contribution in [3.63, 3.8) is 0 Å². The van der Waals surface area contributed by atoms with E-state index in [1.165, 1.54) is 14.2 Å². The van der Waals surface area contributed by atoms with Crippen LogP contribution in [-0.4, -0.2) is 35.8 Å². The second-order valence-electron chi connectivity index (χ2n) is 3.00. The van der Waals surface area contributed by atoms with Gasteiger partial charge in [0, 0.05) is 0 Å². The molecule has 0 unspecified atom stereocenters. The van der Waals surface area contributed by atoms with Crippen molar-refractivity contribution < 1.29 is 19.1 Å². The minimum atomic E-state index is -0.372. The normalized spacial score (nSPS) is 13.6. The van der Waals surface area contributed by atoms with Gasteiger partial charge in [0.1, 0.15) is 11.4 Å². The van der Waals surface area contributed by atoms with E-state index in [0.717, 1.165) is 12.2 Å². The van der Waals surface area contributed by atoms with Crippen LogP contribution in [0.15, 0.2) is 12.2 Å². The summed E-state index contributed by atoms with van der Waals surface area (Å²) in [5.74, 6) is -0.582. The quantitative estimate of drug-likeness (QED) is 0.719. The molecule has 0 aliphatic heterocycles. The standard InChI is InChI=1S/C10H8N2O4/c1-15-9-10(16-2)12-8-6(14)4-3-5(13)7(8)11-9/h3-4H,1-2H3. The van der Waals surface area contributed by atoms with Crippen LogP contribution in [0, 0.1) is 0 Å². The first-order chi connectivity index (χ1) is 7.67. The van der Waals surface area contributed by atoms with Crippen molar-refractivity contribution in [2.45, 2.75) is 0 Å². The number of hydrogen-bond acceptors (Lipinski definition) is 6. The molecule has 2 rings (SSSR count). The van der Waals surface area contributed by atoms with Crippen LogP contribution in [0.4, 0.5) is 0 Å². The van der Waals surface area contributed by atoms with Crippen LogP contribution in [0.3, 0.4) is 0 Å². The molecule has 0 N–H and O–H groups in total. The van der Waals surface area contributed by atoms with Crippen molar-refractivity contribution >= 4 is 11.6 Å². The Balaban J connectivity index is 2.66. The van der Waals surface area contributed by atoms with Crippen molar-refractivity contribution in [1.82, 2.24) is 9.97 Å². The monoisotopic (exact) mass is 220 g/mol. The van der Waals surface area contributed by atoms with Crippen molar-refractivity contribution in [3.8, 4) is 11.8 Å². The lowest BCUT2D eigenvalue weighted by Crippen LogP contribution is -2.17. The summed E-state index contributed by atoms with van der Waals surface area (Å²) in [4.78, 5) is 30.7. The van der Waals surface area contributed by atoms with Crippen LogP contribution in [0.2, 0.25) is 0 Å². The smallest absolute Gasteiger partial charge is 0.278 e. The fourth-order valence-electron chi connectivity index (χ4n) is 1.32. The van der Waals surface area contributed by atoms with E-state index < -0.39 is 0 Å². The van der Waals surface area contributed by atoms with Gasteiger partial charge in [-0.3, -0.25) is 9.59 Å². The molecule has 0 fully saturated rings. The maximum atomic E-state index is 11.5. The summed E-state index contributed by atoms with van der Waals surface area (Å²) >= 11 is 0.